The second-order valence-corrected chi connectivity index (χ2v) is 21.0. The van der Waals surface area contributed by atoms with E-state index in [1.165, 1.54) is 122 Å². The lowest BCUT2D eigenvalue weighted by molar-refractivity contribution is -0.167. The van der Waals surface area contributed by atoms with Crippen LogP contribution in [0.15, 0.2) is 109 Å². The Morgan fingerprint density at radius 1 is 0.276 bits per heavy atom. The maximum Gasteiger partial charge on any atom is 0.306 e. The van der Waals surface area contributed by atoms with Gasteiger partial charge in [-0.1, -0.05) is 297 Å². The molecule has 434 valence electrons. The SMILES string of the molecule is CC/C=C\C/C=C\C/C=C\C/C=C\C/C=C\C/C=C\C/C=C\C/C=C\C/C=C\CCCCCCCC(=O)OCC(COC(=O)CCCCCCCCCCCCCC)OC(=O)CCCCCCCCCCCCCCC. The van der Waals surface area contributed by atoms with Crippen molar-refractivity contribution in [2.24, 2.45) is 0 Å². The van der Waals surface area contributed by atoms with E-state index >= 15 is 0 Å². The molecule has 0 rings (SSSR count). The summed E-state index contributed by atoms with van der Waals surface area (Å²) < 4.78 is 16.9. The number of ether oxygens (including phenoxy) is 3. The number of hydrogen-bond acceptors (Lipinski definition) is 6. The molecule has 0 heterocycles. The number of carbonyl (C=O) groups excluding carboxylic acids is 3. The van der Waals surface area contributed by atoms with Crippen LogP contribution in [0.5, 0.6) is 0 Å². The lowest BCUT2D eigenvalue weighted by atomic mass is 10.0. The highest BCUT2D eigenvalue weighted by molar-refractivity contribution is 5.71. The molecule has 1 unspecified atom stereocenters. The zero-order valence-electron chi connectivity index (χ0n) is 49.7. The molecule has 0 saturated carbocycles. The molecule has 0 spiro atoms. The molecule has 0 aromatic rings. The largest absolute Gasteiger partial charge is 0.462 e. The van der Waals surface area contributed by atoms with E-state index in [1.54, 1.807) is 0 Å². The van der Waals surface area contributed by atoms with Gasteiger partial charge in [-0.05, 0) is 89.9 Å². The smallest absolute Gasteiger partial charge is 0.306 e. The van der Waals surface area contributed by atoms with Crippen LogP contribution in [0.3, 0.4) is 0 Å². The van der Waals surface area contributed by atoms with Gasteiger partial charge in [-0.2, -0.15) is 0 Å². The molecule has 0 aromatic heterocycles. The Morgan fingerprint density at radius 3 is 0.803 bits per heavy atom. The molecule has 0 radical (unpaired) electrons. The molecule has 6 nitrogen and oxygen atoms in total. The molecule has 6 heteroatoms. The lowest BCUT2D eigenvalue weighted by Crippen LogP contribution is -2.30. The Hall–Kier alpha value is -3.93. The van der Waals surface area contributed by atoms with Crippen LogP contribution in [0, 0.1) is 0 Å². The summed E-state index contributed by atoms with van der Waals surface area (Å²) in [5.41, 5.74) is 0. The first-order valence-corrected chi connectivity index (χ1v) is 31.9. The molecule has 0 aliphatic heterocycles. The molecule has 0 amide bonds. The molecule has 0 saturated heterocycles. The number of hydrogen-bond donors (Lipinski definition) is 0. The molecule has 0 aliphatic carbocycles. The van der Waals surface area contributed by atoms with Crippen LogP contribution in [-0.4, -0.2) is 37.2 Å². The van der Waals surface area contributed by atoms with Gasteiger partial charge in [0.2, 0.25) is 0 Å². The summed E-state index contributed by atoms with van der Waals surface area (Å²) >= 11 is 0. The third-order valence-electron chi connectivity index (χ3n) is 13.5. The summed E-state index contributed by atoms with van der Waals surface area (Å²) in [7, 11) is 0. The van der Waals surface area contributed by atoms with Gasteiger partial charge < -0.3 is 14.2 Å². The predicted molar refractivity (Wildman–Crippen MR) is 330 cm³/mol. The molecular formula is C70H118O6. The zero-order chi connectivity index (χ0) is 55.0. The monoisotopic (exact) mass is 1050 g/mol. The van der Waals surface area contributed by atoms with E-state index in [2.05, 4.69) is 130 Å². The third kappa shape index (κ3) is 60.9. The quantitative estimate of drug-likeness (QED) is 0.0261. The average Bonchev–Trinajstić information content (AvgIpc) is 3.42. The van der Waals surface area contributed by atoms with Crippen LogP contribution in [0.25, 0.3) is 0 Å². The lowest BCUT2D eigenvalue weighted by Gasteiger charge is -2.18. The van der Waals surface area contributed by atoms with Crippen molar-refractivity contribution in [1.29, 1.82) is 0 Å². The fourth-order valence-corrected chi connectivity index (χ4v) is 8.79. The van der Waals surface area contributed by atoms with Gasteiger partial charge in [0, 0.05) is 19.3 Å². The Kier molecular flexibility index (Phi) is 60.3. The van der Waals surface area contributed by atoms with E-state index in [0.717, 1.165) is 135 Å². The fourth-order valence-electron chi connectivity index (χ4n) is 8.79. The van der Waals surface area contributed by atoms with Gasteiger partial charge in [0.25, 0.3) is 0 Å². The summed E-state index contributed by atoms with van der Waals surface area (Å²) in [4.78, 5) is 38.2. The topological polar surface area (TPSA) is 78.9 Å². The summed E-state index contributed by atoms with van der Waals surface area (Å²) in [6, 6.07) is 0. The van der Waals surface area contributed by atoms with Crippen molar-refractivity contribution in [2.75, 3.05) is 13.2 Å². The van der Waals surface area contributed by atoms with E-state index < -0.39 is 6.10 Å². The number of carbonyl (C=O) groups is 3. The Balaban J connectivity index is 4.26. The fraction of sp³-hybridized carbons (Fsp3) is 0.700. The molecule has 0 aliphatic rings. The van der Waals surface area contributed by atoms with Crippen molar-refractivity contribution in [3.8, 4) is 0 Å². The van der Waals surface area contributed by atoms with Crippen LogP contribution in [-0.2, 0) is 28.6 Å². The Labute approximate surface area is 470 Å². The van der Waals surface area contributed by atoms with Crippen LogP contribution < -0.4 is 0 Å². The number of allylic oxidation sites excluding steroid dienone is 18. The summed E-state index contributed by atoms with van der Waals surface area (Å²) in [5.74, 6) is -0.892. The van der Waals surface area contributed by atoms with Gasteiger partial charge in [-0.3, -0.25) is 14.4 Å². The zero-order valence-corrected chi connectivity index (χ0v) is 49.7. The standard InChI is InChI=1S/C70H118O6/c1-4-7-10-13-16-19-22-25-26-27-28-29-30-31-32-33-34-35-36-37-38-39-40-41-42-43-44-46-48-51-54-57-60-63-69(72)75-66-67(65-74-68(71)62-59-56-53-50-47-24-21-18-15-12-9-6-3)76-70(73)64-61-58-55-52-49-45-23-20-17-14-11-8-5-2/h7,10,16,19,25-26,28-29,31-32,34-35,37-38,40-41,43-44,67H,4-6,8-9,11-15,17-18,20-24,27,30,33,36,39,42,45-66H2,1-3H3/b10-7-,19-16-,26-25-,29-28-,32-31-,35-34-,38-37-,41-40-,44-43-. The van der Waals surface area contributed by atoms with E-state index in [1.807, 2.05) is 0 Å². The summed E-state index contributed by atoms with van der Waals surface area (Å²) in [6.45, 7) is 6.52. The highest BCUT2D eigenvalue weighted by Gasteiger charge is 2.19. The summed E-state index contributed by atoms with van der Waals surface area (Å²) in [5, 5.41) is 0. The minimum atomic E-state index is -0.783. The first-order valence-electron chi connectivity index (χ1n) is 31.9. The number of esters is 3. The van der Waals surface area contributed by atoms with Gasteiger partial charge in [-0.15, -0.1) is 0 Å². The van der Waals surface area contributed by atoms with E-state index in [4.69, 9.17) is 14.2 Å². The normalized spacial score (nSPS) is 12.8. The molecule has 0 aromatic carbocycles. The predicted octanol–water partition coefficient (Wildman–Crippen LogP) is 21.8. The molecule has 1 atom stereocenters. The van der Waals surface area contributed by atoms with Crippen LogP contribution in [0.2, 0.25) is 0 Å². The van der Waals surface area contributed by atoms with E-state index in [9.17, 15) is 14.4 Å². The maximum atomic E-state index is 12.8. The van der Waals surface area contributed by atoms with Gasteiger partial charge in [0.15, 0.2) is 6.10 Å². The third-order valence-corrected chi connectivity index (χ3v) is 13.5. The van der Waals surface area contributed by atoms with E-state index in [0.29, 0.717) is 19.3 Å². The average molecular weight is 1060 g/mol. The van der Waals surface area contributed by atoms with Crippen molar-refractivity contribution in [3.63, 3.8) is 0 Å². The Bertz CT molecular complexity index is 1540. The highest BCUT2D eigenvalue weighted by Crippen LogP contribution is 2.16. The molecule has 0 N–H and O–H groups in total. The Morgan fingerprint density at radius 2 is 0.513 bits per heavy atom. The van der Waals surface area contributed by atoms with Crippen molar-refractivity contribution in [3.05, 3.63) is 109 Å². The van der Waals surface area contributed by atoms with Gasteiger partial charge in [0.1, 0.15) is 13.2 Å². The minimum Gasteiger partial charge on any atom is -0.462 e. The van der Waals surface area contributed by atoms with Crippen molar-refractivity contribution in [1.82, 2.24) is 0 Å². The van der Waals surface area contributed by atoms with Gasteiger partial charge in [-0.25, -0.2) is 0 Å². The molecule has 0 bridgehead atoms. The van der Waals surface area contributed by atoms with Crippen molar-refractivity contribution >= 4 is 17.9 Å². The second kappa shape index (κ2) is 63.6. The molecular weight excluding hydrogens is 937 g/mol. The van der Waals surface area contributed by atoms with E-state index in [-0.39, 0.29) is 31.1 Å². The first-order chi connectivity index (χ1) is 37.5. The first kappa shape index (κ1) is 72.1. The van der Waals surface area contributed by atoms with Gasteiger partial charge >= 0.3 is 17.9 Å². The van der Waals surface area contributed by atoms with Crippen molar-refractivity contribution in [2.45, 2.75) is 303 Å². The molecule has 0 fully saturated rings. The second-order valence-electron chi connectivity index (χ2n) is 21.0. The van der Waals surface area contributed by atoms with Crippen molar-refractivity contribution < 1.29 is 28.6 Å². The molecule has 76 heavy (non-hydrogen) atoms. The van der Waals surface area contributed by atoms with Crippen LogP contribution in [0.4, 0.5) is 0 Å². The maximum absolute atomic E-state index is 12.8. The minimum absolute atomic E-state index is 0.0803. The van der Waals surface area contributed by atoms with Gasteiger partial charge in [0.05, 0.1) is 0 Å². The van der Waals surface area contributed by atoms with Crippen LogP contribution in [0.1, 0.15) is 297 Å². The highest BCUT2D eigenvalue weighted by atomic mass is 16.6. The summed E-state index contributed by atoms with van der Waals surface area (Å²) in [6.07, 6.45) is 86.7. The number of unbranched alkanes of at least 4 members (excludes halogenated alkanes) is 28. The number of rotatable bonds is 57. The van der Waals surface area contributed by atoms with Crippen LogP contribution >= 0.6 is 0 Å².